The van der Waals surface area contributed by atoms with E-state index in [2.05, 4.69) is 93.8 Å². The highest BCUT2D eigenvalue weighted by Gasteiger charge is 2.09. The highest BCUT2D eigenvalue weighted by molar-refractivity contribution is 6.31. The molecule has 4 aromatic carbocycles. The van der Waals surface area contributed by atoms with Gasteiger partial charge in [0, 0.05) is 5.56 Å². The maximum atomic E-state index is 5.96. The molecule has 5 rings (SSSR count). The van der Waals surface area contributed by atoms with Crippen LogP contribution in [0.1, 0.15) is 0 Å². The van der Waals surface area contributed by atoms with Crippen molar-refractivity contribution in [3.63, 3.8) is 0 Å². The van der Waals surface area contributed by atoms with E-state index in [9.17, 15) is 0 Å². The van der Waals surface area contributed by atoms with Gasteiger partial charge in [0.05, 0.1) is 0 Å². The summed E-state index contributed by atoms with van der Waals surface area (Å²) in [5.74, 6) is 0.448. The first-order valence-electron chi connectivity index (χ1n) is 10.1. The van der Waals surface area contributed by atoms with Crippen molar-refractivity contribution in [2.75, 3.05) is 0 Å². The fraction of sp³-hybridized carbons (Fsp3) is 0. The van der Waals surface area contributed by atoms with Crippen molar-refractivity contribution in [2.24, 2.45) is 0 Å². The fourth-order valence-corrected chi connectivity index (χ4v) is 4.04. The van der Waals surface area contributed by atoms with Crippen molar-refractivity contribution in [1.82, 2.24) is 15.0 Å². The normalized spacial score (nSPS) is 10.8. The molecule has 1 heterocycles. The Bertz CT molecular complexity index is 1380. The summed E-state index contributed by atoms with van der Waals surface area (Å²) in [6.45, 7) is 0. The summed E-state index contributed by atoms with van der Waals surface area (Å²) in [5, 5.41) is 0.149. The number of nitrogens with zero attached hydrogens (tertiary/aromatic N) is 3. The zero-order chi connectivity index (χ0) is 21.9. The lowest BCUT2D eigenvalue weighted by atomic mass is 9.96. The van der Waals surface area contributed by atoms with Gasteiger partial charge in [0.1, 0.15) is 0 Å². The molecule has 0 aliphatic rings. The minimum absolute atomic E-state index is 0.0747. The predicted octanol–water partition coefficient (Wildman–Crippen LogP) is 7.85. The Morgan fingerprint density at radius 3 is 1.25 bits per heavy atom. The zero-order valence-corrected chi connectivity index (χ0v) is 18.4. The molecule has 0 fully saturated rings. The van der Waals surface area contributed by atoms with E-state index in [0.29, 0.717) is 5.82 Å². The topological polar surface area (TPSA) is 38.7 Å². The van der Waals surface area contributed by atoms with Gasteiger partial charge in [-0.1, -0.05) is 84.9 Å². The Morgan fingerprint density at radius 2 is 0.750 bits per heavy atom. The van der Waals surface area contributed by atoms with Crippen LogP contribution in [0.4, 0.5) is 0 Å². The molecule has 1 aromatic heterocycles. The first-order valence-corrected chi connectivity index (χ1v) is 10.9. The molecule has 154 valence electrons. The van der Waals surface area contributed by atoms with E-state index in [1.807, 2.05) is 24.3 Å². The fourth-order valence-electron chi connectivity index (χ4n) is 3.68. The molecule has 0 atom stereocenters. The third kappa shape index (κ3) is 4.40. The number of hydrogen-bond donors (Lipinski definition) is 0. The molecule has 5 aromatic rings. The van der Waals surface area contributed by atoms with Crippen molar-refractivity contribution in [2.45, 2.75) is 0 Å². The molecule has 0 aliphatic carbocycles. The molecule has 0 spiro atoms. The largest absolute Gasteiger partial charge is 0.227 e. The SMILES string of the molecule is Clc1nc(Cl)nc(-c2cccc(-c3cccc(-c4cccc(-c5ccccc5)c4)c3)c2)n1. The van der Waals surface area contributed by atoms with Crippen LogP contribution in [-0.4, -0.2) is 15.0 Å². The second-order valence-corrected chi connectivity index (χ2v) is 7.98. The maximum Gasteiger partial charge on any atom is 0.227 e. The highest BCUT2D eigenvalue weighted by atomic mass is 35.5. The maximum absolute atomic E-state index is 5.96. The van der Waals surface area contributed by atoms with Crippen LogP contribution >= 0.6 is 23.2 Å². The lowest BCUT2D eigenvalue weighted by molar-refractivity contribution is 1.06. The van der Waals surface area contributed by atoms with Crippen molar-refractivity contribution in [1.29, 1.82) is 0 Å². The van der Waals surface area contributed by atoms with Gasteiger partial charge in [-0.05, 0) is 74.8 Å². The summed E-state index contributed by atoms with van der Waals surface area (Å²) in [7, 11) is 0. The van der Waals surface area contributed by atoms with Gasteiger partial charge in [-0.25, -0.2) is 0 Å². The first kappa shape index (κ1) is 20.4. The van der Waals surface area contributed by atoms with Crippen LogP contribution < -0.4 is 0 Å². The Labute approximate surface area is 196 Å². The van der Waals surface area contributed by atoms with E-state index in [0.717, 1.165) is 22.3 Å². The molecule has 0 N–H and O–H groups in total. The molecular formula is C27H17Cl2N3. The molecule has 0 radical (unpaired) electrons. The van der Waals surface area contributed by atoms with Crippen LogP contribution in [0.5, 0.6) is 0 Å². The van der Waals surface area contributed by atoms with Crippen LogP contribution in [0, 0.1) is 0 Å². The molecule has 0 amide bonds. The van der Waals surface area contributed by atoms with E-state index in [4.69, 9.17) is 23.2 Å². The summed E-state index contributed by atoms with van der Waals surface area (Å²) in [6, 6.07) is 35.5. The minimum Gasteiger partial charge on any atom is -0.198 e. The second kappa shape index (κ2) is 8.91. The van der Waals surface area contributed by atoms with Gasteiger partial charge < -0.3 is 0 Å². The molecule has 0 aliphatic heterocycles. The summed E-state index contributed by atoms with van der Waals surface area (Å²) in [5.41, 5.74) is 7.69. The van der Waals surface area contributed by atoms with E-state index in [1.165, 1.54) is 16.7 Å². The number of benzene rings is 4. The van der Waals surface area contributed by atoms with Crippen LogP contribution in [0.25, 0.3) is 44.8 Å². The minimum atomic E-state index is 0.0747. The van der Waals surface area contributed by atoms with Crippen LogP contribution in [0.3, 0.4) is 0 Å². The first-order chi connectivity index (χ1) is 15.7. The van der Waals surface area contributed by atoms with Crippen molar-refractivity contribution < 1.29 is 0 Å². The van der Waals surface area contributed by atoms with Crippen LogP contribution in [-0.2, 0) is 0 Å². The molecule has 32 heavy (non-hydrogen) atoms. The Morgan fingerprint density at radius 1 is 0.375 bits per heavy atom. The van der Waals surface area contributed by atoms with Crippen molar-refractivity contribution >= 4 is 23.2 Å². The van der Waals surface area contributed by atoms with E-state index in [1.54, 1.807) is 0 Å². The van der Waals surface area contributed by atoms with Crippen LogP contribution in [0.2, 0.25) is 10.6 Å². The molecule has 0 saturated carbocycles. The van der Waals surface area contributed by atoms with E-state index >= 15 is 0 Å². The quantitative estimate of drug-likeness (QED) is 0.278. The molecule has 0 bridgehead atoms. The van der Waals surface area contributed by atoms with Gasteiger partial charge in [0.2, 0.25) is 10.6 Å². The third-order valence-corrected chi connectivity index (χ3v) is 5.54. The standard InChI is InChI=1S/C27H17Cl2N3/c28-26-30-25(31-27(29)32-26)24-14-6-13-23(17-24)22-12-5-11-21(16-22)20-10-4-9-19(15-20)18-7-2-1-3-8-18/h1-17H. The summed E-state index contributed by atoms with van der Waals surface area (Å²) >= 11 is 11.9. The molecule has 0 unspecified atom stereocenters. The van der Waals surface area contributed by atoms with Crippen molar-refractivity contribution in [3.8, 4) is 44.8 Å². The van der Waals surface area contributed by atoms with Gasteiger partial charge in [0.15, 0.2) is 5.82 Å². The van der Waals surface area contributed by atoms with E-state index in [-0.39, 0.29) is 10.6 Å². The van der Waals surface area contributed by atoms with Gasteiger partial charge in [-0.3, -0.25) is 0 Å². The smallest absolute Gasteiger partial charge is 0.198 e. The number of aromatic nitrogens is 3. The zero-order valence-electron chi connectivity index (χ0n) is 16.9. The number of rotatable bonds is 4. The Balaban J connectivity index is 1.52. The lowest BCUT2D eigenvalue weighted by Crippen LogP contribution is -1.94. The summed E-state index contributed by atoms with van der Waals surface area (Å²) < 4.78 is 0. The molecule has 0 saturated heterocycles. The van der Waals surface area contributed by atoms with Gasteiger partial charge >= 0.3 is 0 Å². The Hall–Kier alpha value is -3.53. The average Bonchev–Trinajstić information content (AvgIpc) is 2.84. The monoisotopic (exact) mass is 453 g/mol. The summed E-state index contributed by atoms with van der Waals surface area (Å²) in [6.07, 6.45) is 0. The predicted molar refractivity (Wildman–Crippen MR) is 132 cm³/mol. The summed E-state index contributed by atoms with van der Waals surface area (Å²) in [4.78, 5) is 12.2. The number of hydrogen-bond acceptors (Lipinski definition) is 3. The van der Waals surface area contributed by atoms with Gasteiger partial charge in [-0.15, -0.1) is 0 Å². The molecular weight excluding hydrogens is 437 g/mol. The van der Waals surface area contributed by atoms with Crippen molar-refractivity contribution in [3.05, 3.63) is 114 Å². The lowest BCUT2D eigenvalue weighted by Gasteiger charge is -2.09. The molecule has 5 heteroatoms. The van der Waals surface area contributed by atoms with Gasteiger partial charge in [0.25, 0.3) is 0 Å². The molecule has 3 nitrogen and oxygen atoms in total. The second-order valence-electron chi connectivity index (χ2n) is 7.31. The van der Waals surface area contributed by atoms with Gasteiger partial charge in [-0.2, -0.15) is 15.0 Å². The van der Waals surface area contributed by atoms with E-state index < -0.39 is 0 Å². The number of halogens is 2. The third-order valence-electron chi connectivity index (χ3n) is 5.20. The average molecular weight is 454 g/mol. The highest BCUT2D eigenvalue weighted by Crippen LogP contribution is 2.31. The Kier molecular flexibility index (Phi) is 5.68. The van der Waals surface area contributed by atoms with Crippen LogP contribution in [0.15, 0.2) is 103 Å².